The number of halogens is 1. The van der Waals surface area contributed by atoms with E-state index < -0.39 is 0 Å². The van der Waals surface area contributed by atoms with Crippen LogP contribution < -0.4 is 14.8 Å². The average molecular weight is 342 g/mol. The van der Waals surface area contributed by atoms with Crippen LogP contribution in [-0.4, -0.2) is 23.5 Å². The molecule has 0 radical (unpaired) electrons. The molecule has 2 aromatic rings. The molecule has 1 aliphatic rings. The summed E-state index contributed by atoms with van der Waals surface area (Å²) in [6.07, 6.45) is 1.78. The van der Waals surface area contributed by atoms with Crippen LogP contribution in [0.4, 0.5) is 5.13 Å². The third kappa shape index (κ3) is 3.42. The van der Waals surface area contributed by atoms with Crippen molar-refractivity contribution >= 4 is 39.8 Å². The zero-order chi connectivity index (χ0) is 14.7. The Hall–Kier alpha value is -1.44. The summed E-state index contributed by atoms with van der Waals surface area (Å²) in [4.78, 5) is 0. The molecule has 0 fully saturated rings. The lowest BCUT2D eigenvalue weighted by molar-refractivity contribution is 0.174. The Balaban J connectivity index is 1.63. The molecule has 0 unspecified atom stereocenters. The van der Waals surface area contributed by atoms with Crippen LogP contribution in [0.15, 0.2) is 29.1 Å². The molecule has 8 heteroatoms. The van der Waals surface area contributed by atoms with E-state index in [0.717, 1.165) is 20.8 Å². The van der Waals surface area contributed by atoms with Crippen molar-refractivity contribution in [1.82, 2.24) is 10.2 Å². The Bertz CT molecular complexity index is 663. The van der Waals surface area contributed by atoms with Gasteiger partial charge in [-0.2, -0.15) is 0 Å². The highest BCUT2D eigenvalue weighted by Crippen LogP contribution is 2.41. The fourth-order valence-electron chi connectivity index (χ4n) is 1.75. The number of rotatable bonds is 6. The van der Waals surface area contributed by atoms with Gasteiger partial charge in [-0.15, -0.1) is 16.8 Å². The van der Waals surface area contributed by atoms with Crippen molar-refractivity contribution in [3.05, 3.63) is 35.4 Å². The molecule has 21 heavy (non-hydrogen) atoms. The number of nitrogens with one attached hydrogen (secondary N) is 1. The molecule has 0 saturated carbocycles. The molecule has 0 spiro atoms. The summed E-state index contributed by atoms with van der Waals surface area (Å²) in [6, 6.07) is 3.83. The molecule has 110 valence electrons. The van der Waals surface area contributed by atoms with Crippen LogP contribution in [0.2, 0.25) is 5.02 Å². The fraction of sp³-hybridized carbons (Fsp3) is 0.231. The minimum absolute atomic E-state index is 0.223. The quantitative estimate of drug-likeness (QED) is 0.637. The van der Waals surface area contributed by atoms with E-state index >= 15 is 0 Å². The van der Waals surface area contributed by atoms with Gasteiger partial charge in [0.25, 0.3) is 0 Å². The molecule has 0 amide bonds. The summed E-state index contributed by atoms with van der Waals surface area (Å²) < 4.78 is 11.5. The van der Waals surface area contributed by atoms with E-state index in [-0.39, 0.29) is 6.79 Å². The Morgan fingerprint density at radius 1 is 1.43 bits per heavy atom. The predicted molar refractivity (Wildman–Crippen MR) is 85.7 cm³/mol. The van der Waals surface area contributed by atoms with Crippen molar-refractivity contribution in [1.29, 1.82) is 0 Å². The molecule has 1 aromatic heterocycles. The third-order valence-corrected chi connectivity index (χ3v) is 5.02. The second-order valence-corrected chi connectivity index (χ2v) is 6.75. The van der Waals surface area contributed by atoms with Crippen molar-refractivity contribution < 1.29 is 9.47 Å². The summed E-state index contributed by atoms with van der Waals surface area (Å²) in [5.74, 6) is 2.06. The van der Waals surface area contributed by atoms with Crippen molar-refractivity contribution in [2.24, 2.45) is 0 Å². The molecule has 0 bridgehead atoms. The maximum absolute atomic E-state index is 6.16. The summed E-state index contributed by atoms with van der Waals surface area (Å²) >= 11 is 9.28. The number of ether oxygens (including phenoxy) is 2. The summed E-state index contributed by atoms with van der Waals surface area (Å²) in [5, 5.41) is 12.7. The van der Waals surface area contributed by atoms with Crippen LogP contribution in [0.5, 0.6) is 11.5 Å². The molecule has 5 nitrogen and oxygen atoms in total. The number of aromatic nitrogens is 2. The van der Waals surface area contributed by atoms with Gasteiger partial charge in [-0.1, -0.05) is 40.8 Å². The highest BCUT2D eigenvalue weighted by atomic mass is 35.5. The Morgan fingerprint density at radius 3 is 3.19 bits per heavy atom. The van der Waals surface area contributed by atoms with Crippen LogP contribution >= 0.6 is 34.7 Å². The van der Waals surface area contributed by atoms with Crippen LogP contribution in [0.1, 0.15) is 5.56 Å². The van der Waals surface area contributed by atoms with Gasteiger partial charge in [0.05, 0.1) is 5.02 Å². The maximum atomic E-state index is 6.16. The molecular weight excluding hydrogens is 330 g/mol. The minimum atomic E-state index is 0.223. The molecular formula is C13H12ClN3O2S2. The van der Waals surface area contributed by atoms with E-state index in [2.05, 4.69) is 22.1 Å². The van der Waals surface area contributed by atoms with Gasteiger partial charge in [0, 0.05) is 12.3 Å². The van der Waals surface area contributed by atoms with Crippen LogP contribution in [-0.2, 0) is 5.75 Å². The van der Waals surface area contributed by atoms with Crippen molar-refractivity contribution in [2.45, 2.75) is 10.1 Å². The SMILES string of the molecule is C=CCNc1nnc(SCc2cc(Cl)c3c(c2)OCO3)s1. The van der Waals surface area contributed by atoms with Gasteiger partial charge in [-0.3, -0.25) is 0 Å². The largest absolute Gasteiger partial charge is 0.454 e. The average Bonchev–Trinajstić information content (AvgIpc) is 3.12. The first-order valence-electron chi connectivity index (χ1n) is 6.15. The monoisotopic (exact) mass is 341 g/mol. The van der Waals surface area contributed by atoms with Crippen LogP contribution in [0, 0.1) is 0 Å². The van der Waals surface area contributed by atoms with Gasteiger partial charge in [0.1, 0.15) is 0 Å². The fourth-order valence-corrected chi connectivity index (χ4v) is 3.72. The van der Waals surface area contributed by atoms with E-state index in [1.54, 1.807) is 17.8 Å². The lowest BCUT2D eigenvalue weighted by Crippen LogP contribution is -1.96. The Labute approximate surface area is 135 Å². The lowest BCUT2D eigenvalue weighted by Gasteiger charge is -2.03. The molecule has 1 N–H and O–H groups in total. The number of fused-ring (bicyclic) bond motifs is 1. The van der Waals surface area contributed by atoms with Crippen molar-refractivity contribution in [3.63, 3.8) is 0 Å². The second kappa shape index (κ2) is 6.55. The van der Waals surface area contributed by atoms with E-state index in [9.17, 15) is 0 Å². The van der Waals surface area contributed by atoms with E-state index in [1.807, 2.05) is 12.1 Å². The lowest BCUT2D eigenvalue weighted by atomic mass is 10.2. The van der Waals surface area contributed by atoms with Gasteiger partial charge in [-0.05, 0) is 17.7 Å². The van der Waals surface area contributed by atoms with Crippen molar-refractivity contribution in [2.75, 3.05) is 18.7 Å². The number of hydrogen-bond donors (Lipinski definition) is 1. The second-order valence-electron chi connectivity index (χ2n) is 4.14. The summed E-state index contributed by atoms with van der Waals surface area (Å²) in [5.41, 5.74) is 1.06. The zero-order valence-corrected chi connectivity index (χ0v) is 13.4. The molecule has 2 heterocycles. The number of thioether (sulfide) groups is 1. The number of hydrogen-bond acceptors (Lipinski definition) is 7. The van der Waals surface area contributed by atoms with Gasteiger partial charge >= 0.3 is 0 Å². The van der Waals surface area contributed by atoms with Crippen LogP contribution in [0.25, 0.3) is 0 Å². The highest BCUT2D eigenvalue weighted by molar-refractivity contribution is 8.00. The Kier molecular flexibility index (Phi) is 4.52. The Morgan fingerprint density at radius 2 is 2.33 bits per heavy atom. The zero-order valence-electron chi connectivity index (χ0n) is 11.0. The number of benzene rings is 1. The number of nitrogens with zero attached hydrogens (tertiary/aromatic N) is 2. The molecule has 3 rings (SSSR count). The van der Waals surface area contributed by atoms with E-state index in [4.69, 9.17) is 21.1 Å². The molecule has 1 aliphatic heterocycles. The highest BCUT2D eigenvalue weighted by Gasteiger charge is 2.18. The molecule has 0 aliphatic carbocycles. The summed E-state index contributed by atoms with van der Waals surface area (Å²) in [7, 11) is 0. The minimum Gasteiger partial charge on any atom is -0.454 e. The summed E-state index contributed by atoms with van der Waals surface area (Å²) in [6.45, 7) is 4.55. The van der Waals surface area contributed by atoms with E-state index in [1.165, 1.54) is 11.3 Å². The van der Waals surface area contributed by atoms with Gasteiger partial charge in [0.15, 0.2) is 15.8 Å². The predicted octanol–water partition coefficient (Wildman–Crippen LogP) is 3.81. The first-order chi connectivity index (χ1) is 10.3. The number of anilines is 1. The van der Waals surface area contributed by atoms with Crippen molar-refractivity contribution in [3.8, 4) is 11.5 Å². The normalized spacial score (nSPS) is 12.4. The molecule has 1 aromatic carbocycles. The standard InChI is InChI=1S/C13H12ClN3O2S2/c1-2-3-15-12-16-17-13(21-12)20-6-8-4-9(14)11-10(5-8)18-7-19-11/h2,4-5H,1,3,6-7H2,(H,15,16). The van der Waals surface area contributed by atoms with E-state index in [0.29, 0.717) is 23.1 Å². The molecule has 0 atom stereocenters. The maximum Gasteiger partial charge on any atom is 0.231 e. The van der Waals surface area contributed by atoms with Crippen LogP contribution in [0.3, 0.4) is 0 Å². The smallest absolute Gasteiger partial charge is 0.231 e. The molecule has 0 saturated heterocycles. The first-order valence-corrected chi connectivity index (χ1v) is 8.33. The van der Waals surface area contributed by atoms with Gasteiger partial charge < -0.3 is 14.8 Å². The third-order valence-electron chi connectivity index (χ3n) is 2.65. The first kappa shape index (κ1) is 14.5. The van der Waals surface area contributed by atoms with Gasteiger partial charge in [-0.25, -0.2) is 0 Å². The van der Waals surface area contributed by atoms with Gasteiger partial charge in [0.2, 0.25) is 11.9 Å². The topological polar surface area (TPSA) is 56.3 Å².